The monoisotopic (exact) mass is 252 g/mol. The smallest absolute Gasteiger partial charge is 0.319 e. The van der Waals surface area contributed by atoms with Crippen LogP contribution in [0.15, 0.2) is 36.4 Å². The van der Waals surface area contributed by atoms with Crippen LogP contribution in [-0.4, -0.2) is 25.8 Å². The van der Waals surface area contributed by atoms with E-state index in [2.05, 4.69) is 17.2 Å². The fraction of sp³-hybridized carbons (Fsp3) is 0.308. The Morgan fingerprint density at radius 1 is 1.44 bits per heavy atom. The summed E-state index contributed by atoms with van der Waals surface area (Å²) >= 11 is 0. The zero-order valence-electron chi connectivity index (χ0n) is 10.3. The number of para-hydroxylation sites is 1. The van der Waals surface area contributed by atoms with Gasteiger partial charge in [-0.3, -0.25) is 0 Å². The molecule has 0 radical (unpaired) electrons. The first-order valence-corrected chi connectivity index (χ1v) is 5.61. The number of benzene rings is 1. The van der Waals surface area contributed by atoms with Crippen LogP contribution in [0, 0.1) is 5.82 Å². The van der Waals surface area contributed by atoms with E-state index in [1.165, 1.54) is 12.1 Å². The zero-order valence-corrected chi connectivity index (χ0v) is 10.3. The molecule has 18 heavy (non-hydrogen) atoms. The molecule has 0 saturated carbocycles. The fourth-order valence-electron chi connectivity index (χ4n) is 1.21. The van der Waals surface area contributed by atoms with Crippen LogP contribution in [0.4, 0.5) is 14.9 Å². The lowest BCUT2D eigenvalue weighted by molar-refractivity contribution is 0.159. The highest BCUT2D eigenvalue weighted by Crippen LogP contribution is 2.11. The average molecular weight is 252 g/mol. The Morgan fingerprint density at radius 3 is 2.83 bits per heavy atom. The number of amides is 2. The summed E-state index contributed by atoms with van der Waals surface area (Å²) in [6, 6.07) is 5.52. The minimum atomic E-state index is -0.466. The van der Waals surface area contributed by atoms with E-state index >= 15 is 0 Å². The molecule has 0 aliphatic carbocycles. The van der Waals surface area contributed by atoms with Gasteiger partial charge in [-0.1, -0.05) is 24.3 Å². The summed E-state index contributed by atoms with van der Waals surface area (Å²) < 4.78 is 18.4. The summed E-state index contributed by atoms with van der Waals surface area (Å²) in [4.78, 5) is 11.4. The quantitative estimate of drug-likeness (QED) is 0.604. The Morgan fingerprint density at radius 2 is 2.17 bits per heavy atom. The summed E-state index contributed by atoms with van der Waals surface area (Å²) in [5.74, 6) is -0.466. The van der Waals surface area contributed by atoms with Crippen LogP contribution in [-0.2, 0) is 4.74 Å². The number of hydrogen-bond donors (Lipinski definition) is 2. The maximum absolute atomic E-state index is 13.2. The Kier molecular flexibility index (Phi) is 5.87. The van der Waals surface area contributed by atoms with Crippen molar-refractivity contribution in [2.45, 2.75) is 6.92 Å². The van der Waals surface area contributed by atoms with Gasteiger partial charge in [0.15, 0.2) is 0 Å². The molecule has 2 N–H and O–H groups in total. The number of carbonyl (C=O) groups is 1. The molecule has 1 aromatic carbocycles. The van der Waals surface area contributed by atoms with Crippen LogP contribution >= 0.6 is 0 Å². The second kappa shape index (κ2) is 7.45. The molecular weight excluding hydrogens is 235 g/mol. The Hall–Kier alpha value is -1.88. The van der Waals surface area contributed by atoms with Crippen molar-refractivity contribution in [3.05, 3.63) is 42.2 Å². The van der Waals surface area contributed by atoms with Crippen molar-refractivity contribution in [1.29, 1.82) is 0 Å². The largest absolute Gasteiger partial charge is 0.375 e. The second-order valence-corrected chi connectivity index (χ2v) is 3.87. The molecular formula is C13H17FN2O2. The van der Waals surface area contributed by atoms with Crippen molar-refractivity contribution in [2.75, 3.05) is 25.1 Å². The molecule has 1 aromatic rings. The number of hydrogen-bond acceptors (Lipinski definition) is 2. The third kappa shape index (κ3) is 5.45. The molecule has 0 heterocycles. The molecule has 0 unspecified atom stereocenters. The standard InChI is InChI=1S/C13H17FN2O2/c1-10(2)9-18-8-7-15-13(17)16-12-6-4-3-5-11(12)14/h3-6H,1,7-9H2,2H3,(H2,15,16,17). The van der Waals surface area contributed by atoms with E-state index in [-0.39, 0.29) is 5.69 Å². The Balaban J connectivity index is 2.22. The van der Waals surface area contributed by atoms with Crippen molar-refractivity contribution in [3.8, 4) is 0 Å². The van der Waals surface area contributed by atoms with Gasteiger partial charge in [-0.25, -0.2) is 9.18 Å². The average Bonchev–Trinajstić information content (AvgIpc) is 2.31. The number of halogens is 1. The molecule has 0 aromatic heterocycles. The van der Waals surface area contributed by atoms with E-state index < -0.39 is 11.8 Å². The van der Waals surface area contributed by atoms with Gasteiger partial charge in [0.05, 0.1) is 18.9 Å². The number of urea groups is 1. The normalized spacial score (nSPS) is 9.89. The molecule has 0 bridgehead atoms. The SMILES string of the molecule is C=C(C)COCCNC(=O)Nc1ccccc1F. The number of rotatable bonds is 6. The van der Waals surface area contributed by atoms with E-state index in [0.717, 1.165) is 5.57 Å². The first-order valence-electron chi connectivity index (χ1n) is 5.61. The zero-order chi connectivity index (χ0) is 13.4. The van der Waals surface area contributed by atoms with Crippen LogP contribution < -0.4 is 10.6 Å². The molecule has 5 heteroatoms. The van der Waals surface area contributed by atoms with Gasteiger partial charge in [0.2, 0.25) is 0 Å². The van der Waals surface area contributed by atoms with E-state index in [1.54, 1.807) is 12.1 Å². The summed E-state index contributed by atoms with van der Waals surface area (Å²) in [6.45, 7) is 6.76. The van der Waals surface area contributed by atoms with E-state index in [4.69, 9.17) is 4.74 Å². The number of anilines is 1. The van der Waals surface area contributed by atoms with Gasteiger partial charge < -0.3 is 15.4 Å². The van der Waals surface area contributed by atoms with E-state index in [9.17, 15) is 9.18 Å². The highest BCUT2D eigenvalue weighted by molar-refractivity contribution is 5.89. The minimum absolute atomic E-state index is 0.151. The summed E-state index contributed by atoms with van der Waals surface area (Å²) in [5, 5.41) is 4.97. The van der Waals surface area contributed by atoms with E-state index in [0.29, 0.717) is 19.8 Å². The van der Waals surface area contributed by atoms with Crippen molar-refractivity contribution >= 4 is 11.7 Å². The van der Waals surface area contributed by atoms with Gasteiger partial charge in [0, 0.05) is 6.54 Å². The van der Waals surface area contributed by atoms with Crippen LogP contribution in [0.25, 0.3) is 0 Å². The maximum Gasteiger partial charge on any atom is 0.319 e. The lowest BCUT2D eigenvalue weighted by Gasteiger charge is -2.08. The van der Waals surface area contributed by atoms with Gasteiger partial charge in [0.25, 0.3) is 0 Å². The van der Waals surface area contributed by atoms with Crippen molar-refractivity contribution in [1.82, 2.24) is 5.32 Å². The van der Waals surface area contributed by atoms with Gasteiger partial charge in [-0.15, -0.1) is 0 Å². The Labute approximate surface area is 106 Å². The minimum Gasteiger partial charge on any atom is -0.375 e. The summed E-state index contributed by atoms with van der Waals surface area (Å²) in [7, 11) is 0. The predicted molar refractivity (Wildman–Crippen MR) is 69.1 cm³/mol. The third-order valence-electron chi connectivity index (χ3n) is 2.00. The molecule has 0 aliphatic rings. The number of nitrogens with one attached hydrogen (secondary N) is 2. The molecule has 0 spiro atoms. The van der Waals surface area contributed by atoms with Gasteiger partial charge in [-0.05, 0) is 19.1 Å². The first-order chi connectivity index (χ1) is 8.59. The maximum atomic E-state index is 13.2. The molecule has 0 fully saturated rings. The van der Waals surface area contributed by atoms with Crippen LogP contribution in [0.5, 0.6) is 0 Å². The molecule has 0 atom stereocenters. The van der Waals surface area contributed by atoms with Crippen molar-refractivity contribution < 1.29 is 13.9 Å². The summed E-state index contributed by atoms with van der Waals surface area (Å²) in [6.07, 6.45) is 0. The molecule has 1 rings (SSSR count). The lowest BCUT2D eigenvalue weighted by atomic mass is 10.3. The fourth-order valence-corrected chi connectivity index (χ4v) is 1.21. The van der Waals surface area contributed by atoms with Gasteiger partial charge >= 0.3 is 6.03 Å². The Bertz CT molecular complexity index is 421. The molecule has 4 nitrogen and oxygen atoms in total. The van der Waals surface area contributed by atoms with Gasteiger partial charge in [-0.2, -0.15) is 0 Å². The highest BCUT2D eigenvalue weighted by Gasteiger charge is 2.04. The van der Waals surface area contributed by atoms with Gasteiger partial charge in [0.1, 0.15) is 5.82 Å². The second-order valence-electron chi connectivity index (χ2n) is 3.87. The van der Waals surface area contributed by atoms with Crippen LogP contribution in [0.1, 0.15) is 6.92 Å². The topological polar surface area (TPSA) is 50.4 Å². The van der Waals surface area contributed by atoms with Crippen molar-refractivity contribution in [2.24, 2.45) is 0 Å². The van der Waals surface area contributed by atoms with Crippen LogP contribution in [0.2, 0.25) is 0 Å². The van der Waals surface area contributed by atoms with E-state index in [1.807, 2.05) is 6.92 Å². The highest BCUT2D eigenvalue weighted by atomic mass is 19.1. The number of carbonyl (C=O) groups excluding carboxylic acids is 1. The molecule has 98 valence electrons. The van der Waals surface area contributed by atoms with Crippen LogP contribution in [0.3, 0.4) is 0 Å². The first kappa shape index (κ1) is 14.2. The third-order valence-corrected chi connectivity index (χ3v) is 2.00. The molecule has 2 amide bonds. The molecule has 0 aliphatic heterocycles. The molecule has 0 saturated heterocycles. The van der Waals surface area contributed by atoms with Crippen molar-refractivity contribution in [3.63, 3.8) is 0 Å². The lowest BCUT2D eigenvalue weighted by Crippen LogP contribution is -2.31. The number of ether oxygens (including phenoxy) is 1. The predicted octanol–water partition coefficient (Wildman–Crippen LogP) is 2.54. The summed E-state index contributed by atoms with van der Waals surface area (Å²) in [5.41, 5.74) is 1.07.